The Morgan fingerprint density at radius 1 is 1.30 bits per heavy atom. The van der Waals surface area contributed by atoms with E-state index in [9.17, 15) is 5.11 Å². The molecule has 1 aliphatic rings. The average Bonchev–Trinajstić information content (AvgIpc) is 2.48. The summed E-state index contributed by atoms with van der Waals surface area (Å²) in [6.45, 7) is 1.98. The highest BCUT2D eigenvalue weighted by atomic mass is 35.5. The van der Waals surface area contributed by atoms with Gasteiger partial charge >= 0.3 is 0 Å². The molecule has 1 aliphatic heterocycles. The number of hydrogen-bond donors (Lipinski definition) is 1. The largest absolute Gasteiger partial charge is 0.395 e. The molecule has 2 atom stereocenters. The van der Waals surface area contributed by atoms with E-state index in [4.69, 9.17) is 27.9 Å². The van der Waals surface area contributed by atoms with E-state index in [2.05, 4.69) is 4.90 Å². The van der Waals surface area contributed by atoms with Gasteiger partial charge in [-0.1, -0.05) is 29.3 Å². The molecule has 0 spiro atoms. The summed E-state index contributed by atoms with van der Waals surface area (Å²) in [5, 5.41) is 10.7. The first-order valence-corrected chi connectivity index (χ1v) is 7.71. The zero-order valence-corrected chi connectivity index (χ0v) is 13.2. The van der Waals surface area contributed by atoms with Crippen LogP contribution in [0.4, 0.5) is 0 Å². The number of nitrogens with zero attached hydrogens (tertiary/aromatic N) is 1. The van der Waals surface area contributed by atoms with Crippen molar-refractivity contribution in [3.05, 3.63) is 33.8 Å². The topological polar surface area (TPSA) is 32.7 Å². The summed E-state index contributed by atoms with van der Waals surface area (Å²) in [6, 6.07) is 5.98. The van der Waals surface area contributed by atoms with Crippen molar-refractivity contribution in [3.63, 3.8) is 0 Å². The van der Waals surface area contributed by atoms with Gasteiger partial charge in [0.2, 0.25) is 0 Å². The minimum Gasteiger partial charge on any atom is -0.395 e. The van der Waals surface area contributed by atoms with Crippen LogP contribution in [0.5, 0.6) is 0 Å². The number of hydrogen-bond acceptors (Lipinski definition) is 3. The number of aliphatic hydroxyl groups excluding tert-OH is 1. The molecule has 0 amide bonds. The van der Waals surface area contributed by atoms with Crippen LogP contribution in [0.1, 0.15) is 18.4 Å². The quantitative estimate of drug-likeness (QED) is 0.906. The lowest BCUT2D eigenvalue weighted by Crippen LogP contribution is -2.48. The van der Waals surface area contributed by atoms with E-state index in [0.717, 1.165) is 37.9 Å². The highest BCUT2D eigenvalue weighted by molar-refractivity contribution is 6.42. The predicted molar refractivity (Wildman–Crippen MR) is 82.6 cm³/mol. The van der Waals surface area contributed by atoms with Crippen molar-refractivity contribution in [2.24, 2.45) is 0 Å². The monoisotopic (exact) mass is 317 g/mol. The molecule has 3 nitrogen and oxygen atoms in total. The van der Waals surface area contributed by atoms with Crippen LogP contribution in [0.3, 0.4) is 0 Å². The highest BCUT2D eigenvalue weighted by Gasteiger charge is 2.27. The van der Waals surface area contributed by atoms with Crippen LogP contribution in [0.25, 0.3) is 0 Å². The zero-order valence-electron chi connectivity index (χ0n) is 11.7. The average molecular weight is 318 g/mol. The first kappa shape index (κ1) is 16.1. The van der Waals surface area contributed by atoms with Gasteiger partial charge in [0.25, 0.3) is 0 Å². The van der Waals surface area contributed by atoms with Crippen molar-refractivity contribution in [2.45, 2.75) is 31.4 Å². The standard InChI is InChI=1S/C15H21Cl2NO2/c1-20-13-4-3-12(10-19)18(9-13)7-6-11-2-5-14(16)15(17)8-11/h2,5,8,12-13,19H,3-4,6-7,9-10H2,1H3/t12-,13-/m1/s1. The number of likely N-dealkylation sites (tertiary alicyclic amines) is 1. The Hall–Kier alpha value is -0.320. The van der Waals surface area contributed by atoms with Crippen molar-refractivity contribution in [1.82, 2.24) is 4.90 Å². The molecule has 112 valence electrons. The van der Waals surface area contributed by atoms with Gasteiger partial charge in [-0.25, -0.2) is 0 Å². The van der Waals surface area contributed by atoms with E-state index in [0.29, 0.717) is 10.0 Å². The van der Waals surface area contributed by atoms with Crippen LogP contribution in [-0.2, 0) is 11.2 Å². The lowest BCUT2D eigenvalue weighted by atomic mass is 9.99. The first-order chi connectivity index (χ1) is 9.63. The summed E-state index contributed by atoms with van der Waals surface area (Å²) in [5.74, 6) is 0. The Balaban J connectivity index is 1.94. The third-order valence-corrected chi connectivity index (χ3v) is 4.73. The highest BCUT2D eigenvalue weighted by Crippen LogP contribution is 2.24. The molecule has 2 rings (SSSR count). The van der Waals surface area contributed by atoms with Crippen molar-refractivity contribution in [2.75, 3.05) is 26.8 Å². The molecule has 0 radical (unpaired) electrons. The van der Waals surface area contributed by atoms with Crippen molar-refractivity contribution >= 4 is 23.2 Å². The second kappa shape index (κ2) is 7.62. The third kappa shape index (κ3) is 4.09. The lowest BCUT2D eigenvalue weighted by Gasteiger charge is -2.38. The summed E-state index contributed by atoms with van der Waals surface area (Å²) in [6.07, 6.45) is 3.16. The first-order valence-electron chi connectivity index (χ1n) is 6.95. The maximum Gasteiger partial charge on any atom is 0.0698 e. The molecule has 0 saturated carbocycles. The molecule has 5 heteroatoms. The van der Waals surface area contributed by atoms with Gasteiger partial charge in [0, 0.05) is 26.2 Å². The van der Waals surface area contributed by atoms with Crippen molar-refractivity contribution in [3.8, 4) is 0 Å². The normalized spacial score (nSPS) is 24.0. The molecule has 1 N–H and O–H groups in total. The minimum absolute atomic E-state index is 0.206. The van der Waals surface area contributed by atoms with E-state index in [-0.39, 0.29) is 18.8 Å². The molecule has 1 heterocycles. The number of methoxy groups -OCH3 is 1. The van der Waals surface area contributed by atoms with E-state index in [1.54, 1.807) is 7.11 Å². The molecular weight excluding hydrogens is 297 g/mol. The van der Waals surface area contributed by atoms with Gasteiger partial charge in [-0.05, 0) is 37.0 Å². The second-order valence-corrected chi connectivity index (χ2v) is 6.08. The molecule has 0 bridgehead atoms. The van der Waals surface area contributed by atoms with Gasteiger partial charge in [-0.3, -0.25) is 4.90 Å². The third-order valence-electron chi connectivity index (χ3n) is 3.99. The number of benzene rings is 1. The van der Waals surface area contributed by atoms with Crippen LogP contribution < -0.4 is 0 Å². The molecular formula is C15H21Cl2NO2. The summed E-state index contributed by atoms with van der Waals surface area (Å²) >= 11 is 12.0. The molecule has 1 saturated heterocycles. The van der Waals surface area contributed by atoms with Gasteiger partial charge in [0.15, 0.2) is 0 Å². The Bertz CT molecular complexity index is 442. The lowest BCUT2D eigenvalue weighted by molar-refractivity contribution is -0.00872. The number of halogens is 2. The summed E-state index contributed by atoms with van der Waals surface area (Å²) in [5.41, 5.74) is 1.16. The Labute approximate surface area is 130 Å². The smallest absolute Gasteiger partial charge is 0.0698 e. The molecule has 1 aromatic carbocycles. The summed E-state index contributed by atoms with van der Waals surface area (Å²) in [7, 11) is 1.75. The minimum atomic E-state index is 0.206. The molecule has 20 heavy (non-hydrogen) atoms. The Morgan fingerprint density at radius 3 is 2.75 bits per heavy atom. The maximum atomic E-state index is 9.48. The van der Waals surface area contributed by atoms with Crippen molar-refractivity contribution < 1.29 is 9.84 Å². The Kier molecular flexibility index (Phi) is 6.12. The van der Waals surface area contributed by atoms with Gasteiger partial charge in [-0.2, -0.15) is 0 Å². The van der Waals surface area contributed by atoms with Gasteiger partial charge in [0.05, 0.1) is 22.8 Å². The van der Waals surface area contributed by atoms with Crippen molar-refractivity contribution in [1.29, 1.82) is 0 Å². The molecule has 0 aromatic heterocycles. The number of aliphatic hydroxyl groups is 1. The predicted octanol–water partition coefficient (Wildman–Crippen LogP) is 3.01. The Morgan fingerprint density at radius 2 is 2.10 bits per heavy atom. The fourth-order valence-electron chi connectivity index (χ4n) is 2.70. The fraction of sp³-hybridized carbons (Fsp3) is 0.600. The van der Waals surface area contributed by atoms with Gasteiger partial charge in [0.1, 0.15) is 0 Å². The molecule has 0 unspecified atom stereocenters. The molecule has 1 fully saturated rings. The summed E-state index contributed by atoms with van der Waals surface area (Å²) < 4.78 is 5.44. The number of rotatable bonds is 5. The number of ether oxygens (including phenoxy) is 1. The van der Waals surface area contributed by atoms with E-state index in [1.165, 1.54) is 0 Å². The summed E-state index contributed by atoms with van der Waals surface area (Å²) in [4.78, 5) is 2.31. The molecule has 1 aromatic rings. The zero-order chi connectivity index (χ0) is 14.5. The maximum absolute atomic E-state index is 9.48. The van der Waals surface area contributed by atoms with E-state index >= 15 is 0 Å². The van der Waals surface area contributed by atoms with E-state index < -0.39 is 0 Å². The van der Waals surface area contributed by atoms with Crippen LogP contribution >= 0.6 is 23.2 Å². The van der Waals surface area contributed by atoms with E-state index in [1.807, 2.05) is 18.2 Å². The number of piperidine rings is 1. The van der Waals surface area contributed by atoms with Crippen LogP contribution in [0.15, 0.2) is 18.2 Å². The SMILES string of the molecule is CO[C@@H]1CC[C@H](CO)N(CCc2ccc(Cl)c(Cl)c2)C1. The van der Waals surface area contributed by atoms with Crippen LogP contribution in [-0.4, -0.2) is 49.0 Å². The second-order valence-electron chi connectivity index (χ2n) is 5.26. The van der Waals surface area contributed by atoms with Crippen LogP contribution in [0.2, 0.25) is 10.0 Å². The van der Waals surface area contributed by atoms with Gasteiger partial charge < -0.3 is 9.84 Å². The fourth-order valence-corrected chi connectivity index (χ4v) is 3.02. The van der Waals surface area contributed by atoms with Gasteiger partial charge in [-0.15, -0.1) is 0 Å². The molecule has 0 aliphatic carbocycles. The van der Waals surface area contributed by atoms with Crippen LogP contribution in [0, 0.1) is 0 Å².